The Morgan fingerprint density at radius 3 is 2.44 bits per heavy atom. The van der Waals surface area contributed by atoms with E-state index in [-0.39, 0.29) is 0 Å². The SMILES string of the molecule is CC(N)(C(=O)NCC(F)(F)CO)c1ccccc1. The zero-order valence-electron chi connectivity index (χ0n) is 9.99. The Labute approximate surface area is 104 Å². The summed E-state index contributed by atoms with van der Waals surface area (Å²) in [6, 6.07) is 8.46. The molecule has 0 spiro atoms. The molecule has 0 radical (unpaired) electrons. The van der Waals surface area contributed by atoms with E-state index in [2.05, 4.69) is 0 Å². The monoisotopic (exact) mass is 258 g/mol. The lowest BCUT2D eigenvalue weighted by molar-refractivity contribution is -0.129. The van der Waals surface area contributed by atoms with Crippen molar-refractivity contribution in [3.8, 4) is 0 Å². The third kappa shape index (κ3) is 3.48. The van der Waals surface area contributed by atoms with E-state index in [1.54, 1.807) is 30.3 Å². The van der Waals surface area contributed by atoms with Gasteiger partial charge in [-0.05, 0) is 12.5 Å². The molecule has 0 aromatic heterocycles. The molecule has 0 fully saturated rings. The van der Waals surface area contributed by atoms with Crippen LogP contribution in [0.5, 0.6) is 0 Å². The number of carbonyl (C=O) groups excluding carboxylic acids is 1. The molecule has 18 heavy (non-hydrogen) atoms. The molecule has 4 N–H and O–H groups in total. The van der Waals surface area contributed by atoms with Crippen molar-refractivity contribution in [1.29, 1.82) is 0 Å². The summed E-state index contributed by atoms with van der Waals surface area (Å²) in [6.07, 6.45) is 0. The molecule has 1 amide bonds. The standard InChI is InChI=1S/C12H16F2N2O2/c1-11(15,9-5-3-2-4-6-9)10(18)16-7-12(13,14)8-17/h2-6,17H,7-8,15H2,1H3,(H,16,18). The number of halogens is 2. The van der Waals surface area contributed by atoms with Crippen molar-refractivity contribution >= 4 is 5.91 Å². The van der Waals surface area contributed by atoms with Crippen molar-refractivity contribution in [2.45, 2.75) is 18.4 Å². The van der Waals surface area contributed by atoms with E-state index < -0.39 is 30.5 Å². The van der Waals surface area contributed by atoms with Crippen LogP contribution in [-0.4, -0.2) is 30.1 Å². The molecule has 1 rings (SSSR count). The second kappa shape index (κ2) is 5.41. The Morgan fingerprint density at radius 2 is 1.94 bits per heavy atom. The molecular formula is C12H16F2N2O2. The zero-order valence-corrected chi connectivity index (χ0v) is 9.99. The van der Waals surface area contributed by atoms with Gasteiger partial charge in [-0.2, -0.15) is 0 Å². The summed E-state index contributed by atoms with van der Waals surface area (Å²) < 4.78 is 25.6. The van der Waals surface area contributed by atoms with Gasteiger partial charge in [0.05, 0.1) is 6.54 Å². The lowest BCUT2D eigenvalue weighted by Crippen LogP contribution is -2.52. The van der Waals surface area contributed by atoms with Crippen molar-refractivity contribution in [3.05, 3.63) is 35.9 Å². The summed E-state index contributed by atoms with van der Waals surface area (Å²) in [5.41, 5.74) is 4.96. The fourth-order valence-electron chi connectivity index (χ4n) is 1.36. The molecule has 1 unspecified atom stereocenters. The largest absolute Gasteiger partial charge is 0.390 e. The number of hydrogen-bond donors (Lipinski definition) is 3. The molecule has 1 aromatic carbocycles. The van der Waals surface area contributed by atoms with Gasteiger partial charge in [0.1, 0.15) is 12.1 Å². The topological polar surface area (TPSA) is 75.4 Å². The first-order chi connectivity index (χ1) is 8.29. The quantitative estimate of drug-likeness (QED) is 0.724. The normalized spacial score (nSPS) is 14.9. The van der Waals surface area contributed by atoms with Crippen LogP contribution in [0, 0.1) is 0 Å². The molecule has 0 saturated carbocycles. The Morgan fingerprint density at radius 1 is 1.39 bits per heavy atom. The maximum absolute atomic E-state index is 12.8. The first kappa shape index (κ1) is 14.5. The van der Waals surface area contributed by atoms with Crippen LogP contribution in [0.4, 0.5) is 8.78 Å². The van der Waals surface area contributed by atoms with Gasteiger partial charge in [-0.1, -0.05) is 30.3 Å². The number of alkyl halides is 2. The van der Waals surface area contributed by atoms with Crippen LogP contribution in [0.1, 0.15) is 12.5 Å². The highest BCUT2D eigenvalue weighted by atomic mass is 19.3. The highest BCUT2D eigenvalue weighted by molar-refractivity contribution is 5.87. The van der Waals surface area contributed by atoms with Gasteiger partial charge in [0.2, 0.25) is 5.91 Å². The molecule has 6 heteroatoms. The molecular weight excluding hydrogens is 242 g/mol. The van der Waals surface area contributed by atoms with Crippen molar-refractivity contribution in [3.63, 3.8) is 0 Å². The van der Waals surface area contributed by atoms with E-state index in [1.165, 1.54) is 6.92 Å². The van der Waals surface area contributed by atoms with Gasteiger partial charge in [0.15, 0.2) is 0 Å². The summed E-state index contributed by atoms with van der Waals surface area (Å²) in [4.78, 5) is 11.8. The number of benzene rings is 1. The Bertz CT molecular complexity index is 408. The van der Waals surface area contributed by atoms with Gasteiger partial charge >= 0.3 is 0 Å². The van der Waals surface area contributed by atoms with E-state index in [1.807, 2.05) is 5.32 Å². The van der Waals surface area contributed by atoms with Crippen molar-refractivity contribution in [2.75, 3.05) is 13.2 Å². The van der Waals surface area contributed by atoms with Gasteiger partial charge in [-0.3, -0.25) is 4.79 Å². The Balaban J connectivity index is 2.72. The molecule has 1 atom stereocenters. The molecule has 4 nitrogen and oxygen atoms in total. The third-order valence-electron chi connectivity index (χ3n) is 2.58. The van der Waals surface area contributed by atoms with Gasteiger partial charge in [0.25, 0.3) is 5.92 Å². The Kier molecular flexibility index (Phi) is 4.37. The fraction of sp³-hybridized carbons (Fsp3) is 0.417. The minimum absolute atomic E-state index is 0.523. The summed E-state index contributed by atoms with van der Waals surface area (Å²) in [7, 11) is 0. The third-order valence-corrected chi connectivity index (χ3v) is 2.58. The maximum atomic E-state index is 12.8. The van der Waals surface area contributed by atoms with E-state index >= 15 is 0 Å². The molecule has 0 aliphatic heterocycles. The molecule has 0 aliphatic carbocycles. The number of aliphatic hydroxyl groups is 1. The number of aliphatic hydroxyl groups excluding tert-OH is 1. The van der Waals surface area contributed by atoms with Crippen molar-refractivity contribution in [1.82, 2.24) is 5.32 Å². The smallest absolute Gasteiger partial charge is 0.287 e. The first-order valence-corrected chi connectivity index (χ1v) is 5.41. The van der Waals surface area contributed by atoms with E-state index in [0.29, 0.717) is 5.56 Å². The van der Waals surface area contributed by atoms with Crippen LogP contribution >= 0.6 is 0 Å². The van der Waals surface area contributed by atoms with Gasteiger partial charge in [0, 0.05) is 0 Å². The van der Waals surface area contributed by atoms with E-state index in [9.17, 15) is 13.6 Å². The van der Waals surface area contributed by atoms with Gasteiger partial charge in [-0.25, -0.2) is 8.78 Å². The maximum Gasteiger partial charge on any atom is 0.287 e. The molecule has 0 heterocycles. The number of nitrogens with two attached hydrogens (primary N) is 1. The van der Waals surface area contributed by atoms with Gasteiger partial charge in [-0.15, -0.1) is 0 Å². The molecule has 0 saturated heterocycles. The number of hydrogen-bond acceptors (Lipinski definition) is 3. The molecule has 0 aliphatic rings. The molecule has 0 bridgehead atoms. The summed E-state index contributed by atoms with van der Waals surface area (Å²) in [5.74, 6) is -4.07. The minimum atomic E-state index is -3.34. The molecule has 100 valence electrons. The first-order valence-electron chi connectivity index (χ1n) is 5.41. The van der Waals surface area contributed by atoms with Crippen molar-refractivity contribution < 1.29 is 18.7 Å². The van der Waals surface area contributed by atoms with Crippen LogP contribution in [0.25, 0.3) is 0 Å². The number of amides is 1. The fourth-order valence-corrected chi connectivity index (χ4v) is 1.36. The lowest BCUT2D eigenvalue weighted by Gasteiger charge is -2.25. The number of rotatable bonds is 5. The summed E-state index contributed by atoms with van der Waals surface area (Å²) >= 11 is 0. The second-order valence-corrected chi connectivity index (χ2v) is 4.27. The zero-order chi connectivity index (χ0) is 13.8. The van der Waals surface area contributed by atoms with Crippen LogP contribution < -0.4 is 11.1 Å². The van der Waals surface area contributed by atoms with Crippen molar-refractivity contribution in [2.24, 2.45) is 5.73 Å². The van der Waals surface area contributed by atoms with Gasteiger partial charge < -0.3 is 16.2 Å². The van der Waals surface area contributed by atoms with Crippen LogP contribution in [0.2, 0.25) is 0 Å². The van der Waals surface area contributed by atoms with Crippen LogP contribution in [-0.2, 0) is 10.3 Å². The number of nitrogens with one attached hydrogen (secondary N) is 1. The average Bonchev–Trinajstić information content (AvgIpc) is 2.37. The highest BCUT2D eigenvalue weighted by Crippen LogP contribution is 2.18. The minimum Gasteiger partial charge on any atom is -0.390 e. The number of carbonyl (C=O) groups is 1. The van der Waals surface area contributed by atoms with E-state index in [4.69, 9.17) is 10.8 Å². The summed E-state index contributed by atoms with van der Waals surface area (Å²) in [6.45, 7) is -0.823. The van der Waals surface area contributed by atoms with E-state index in [0.717, 1.165) is 0 Å². The molecule has 1 aromatic rings. The van der Waals surface area contributed by atoms with Crippen LogP contribution in [0.15, 0.2) is 30.3 Å². The predicted molar refractivity (Wildman–Crippen MR) is 63.0 cm³/mol. The lowest BCUT2D eigenvalue weighted by atomic mass is 9.92. The predicted octanol–water partition coefficient (Wildman–Crippen LogP) is 0.604. The second-order valence-electron chi connectivity index (χ2n) is 4.27. The average molecular weight is 258 g/mol. The highest BCUT2D eigenvalue weighted by Gasteiger charge is 2.34. The van der Waals surface area contributed by atoms with Crippen LogP contribution in [0.3, 0.4) is 0 Å². The summed E-state index contributed by atoms with van der Waals surface area (Å²) in [5, 5.41) is 10.4. The Hall–Kier alpha value is -1.53.